The Morgan fingerprint density at radius 1 is 1.41 bits per heavy atom. The second kappa shape index (κ2) is 7.45. The summed E-state index contributed by atoms with van der Waals surface area (Å²) in [6.07, 6.45) is 4.79. The van der Waals surface area contributed by atoms with Crippen LogP contribution in [0.3, 0.4) is 0 Å². The van der Waals surface area contributed by atoms with E-state index in [0.29, 0.717) is 18.0 Å². The van der Waals surface area contributed by atoms with E-state index in [9.17, 15) is 4.79 Å². The van der Waals surface area contributed by atoms with Crippen molar-refractivity contribution in [2.75, 3.05) is 26.2 Å². The topological polar surface area (TPSA) is 52.6 Å². The summed E-state index contributed by atoms with van der Waals surface area (Å²) in [6.45, 7) is 7.92. The van der Waals surface area contributed by atoms with E-state index in [4.69, 9.17) is 5.11 Å². The average molecular weight is 240 g/mol. The molecule has 1 aliphatic heterocycles. The first-order chi connectivity index (χ1) is 8.19. The zero-order chi connectivity index (χ0) is 12.7. The van der Waals surface area contributed by atoms with Crippen LogP contribution in [-0.4, -0.2) is 48.2 Å². The van der Waals surface area contributed by atoms with Crippen molar-refractivity contribution >= 4 is 5.97 Å². The molecule has 1 rings (SSSR count). The molecule has 0 bridgehead atoms. The minimum atomic E-state index is -0.783. The summed E-state index contributed by atoms with van der Waals surface area (Å²) in [7, 11) is 0. The Bertz CT molecular complexity index is 271. The fraction of sp³-hybridized carbons (Fsp3) is 0.769. The zero-order valence-corrected chi connectivity index (χ0v) is 10.9. The molecule has 2 N–H and O–H groups in total. The quantitative estimate of drug-likeness (QED) is 0.691. The molecule has 1 fully saturated rings. The molecule has 4 heteroatoms. The van der Waals surface area contributed by atoms with Crippen LogP contribution < -0.4 is 5.32 Å². The second-order valence-electron chi connectivity index (χ2n) is 4.46. The Kier molecular flexibility index (Phi) is 6.22. The number of hydrogen-bond donors (Lipinski definition) is 2. The molecule has 1 aliphatic rings. The van der Waals surface area contributed by atoms with Gasteiger partial charge in [0.15, 0.2) is 0 Å². The number of piperidine rings is 1. The number of aliphatic carboxylic acids is 1. The molecule has 0 amide bonds. The molecule has 0 saturated carbocycles. The van der Waals surface area contributed by atoms with Crippen molar-refractivity contribution in [2.24, 2.45) is 0 Å². The molecule has 0 atom stereocenters. The molecule has 1 heterocycles. The number of carboxylic acid groups (broad SMARTS) is 1. The number of nitrogens with zero attached hydrogens (tertiary/aromatic N) is 1. The lowest BCUT2D eigenvalue weighted by Crippen LogP contribution is -2.43. The lowest BCUT2D eigenvalue weighted by atomic mass is 10.0. The minimum Gasteiger partial charge on any atom is -0.478 e. The Labute approximate surface area is 104 Å². The monoisotopic (exact) mass is 240 g/mol. The van der Waals surface area contributed by atoms with Crippen molar-refractivity contribution in [2.45, 2.75) is 39.2 Å². The number of nitrogens with one attached hydrogen (secondary N) is 1. The highest BCUT2D eigenvalue weighted by Crippen LogP contribution is 2.12. The lowest BCUT2D eigenvalue weighted by molar-refractivity contribution is -0.132. The molecule has 0 spiro atoms. The van der Waals surface area contributed by atoms with Crippen LogP contribution >= 0.6 is 0 Å². The standard InChI is InChI=1S/C13H24N2O2/c1-3-11(13(16)17)7-10-15(4-2)12-5-8-14-9-6-12/h7,12,14H,3-6,8-10H2,1-2H3,(H,16,17). The molecule has 98 valence electrons. The first kappa shape index (κ1) is 14.2. The zero-order valence-electron chi connectivity index (χ0n) is 10.9. The summed E-state index contributed by atoms with van der Waals surface area (Å²) in [4.78, 5) is 13.3. The van der Waals surface area contributed by atoms with Gasteiger partial charge in [0, 0.05) is 18.2 Å². The van der Waals surface area contributed by atoms with Gasteiger partial charge in [-0.15, -0.1) is 0 Å². The molecule has 0 aromatic heterocycles. The number of rotatable bonds is 6. The number of carboxylic acids is 1. The predicted octanol–water partition coefficient (Wildman–Crippen LogP) is 1.48. The van der Waals surface area contributed by atoms with E-state index in [2.05, 4.69) is 17.1 Å². The van der Waals surface area contributed by atoms with Crippen molar-refractivity contribution in [3.8, 4) is 0 Å². The highest BCUT2D eigenvalue weighted by molar-refractivity contribution is 5.86. The normalized spacial score (nSPS) is 18.6. The Balaban J connectivity index is 2.53. The third-order valence-electron chi connectivity index (χ3n) is 3.46. The lowest BCUT2D eigenvalue weighted by Gasteiger charge is -2.33. The number of carbonyl (C=O) groups is 1. The highest BCUT2D eigenvalue weighted by Gasteiger charge is 2.18. The molecule has 0 aromatic rings. The molecule has 0 unspecified atom stereocenters. The first-order valence-corrected chi connectivity index (χ1v) is 6.56. The van der Waals surface area contributed by atoms with Gasteiger partial charge in [0.2, 0.25) is 0 Å². The van der Waals surface area contributed by atoms with Crippen molar-refractivity contribution in [1.29, 1.82) is 0 Å². The van der Waals surface area contributed by atoms with Gasteiger partial charge in [-0.3, -0.25) is 4.90 Å². The van der Waals surface area contributed by atoms with Gasteiger partial charge >= 0.3 is 5.97 Å². The third kappa shape index (κ3) is 4.48. The number of likely N-dealkylation sites (N-methyl/N-ethyl adjacent to an activating group) is 1. The van der Waals surface area contributed by atoms with Crippen molar-refractivity contribution in [3.05, 3.63) is 11.6 Å². The fourth-order valence-electron chi connectivity index (χ4n) is 2.32. The van der Waals surface area contributed by atoms with Crippen LogP contribution in [0.4, 0.5) is 0 Å². The molecular weight excluding hydrogens is 216 g/mol. The molecule has 17 heavy (non-hydrogen) atoms. The molecule has 0 radical (unpaired) electrons. The summed E-state index contributed by atoms with van der Waals surface area (Å²) < 4.78 is 0. The highest BCUT2D eigenvalue weighted by atomic mass is 16.4. The van der Waals surface area contributed by atoms with Gasteiger partial charge in [0.1, 0.15) is 0 Å². The molecule has 0 aliphatic carbocycles. The van der Waals surface area contributed by atoms with Gasteiger partial charge in [-0.2, -0.15) is 0 Å². The van der Waals surface area contributed by atoms with Crippen LogP contribution in [-0.2, 0) is 4.79 Å². The van der Waals surface area contributed by atoms with Crippen molar-refractivity contribution in [3.63, 3.8) is 0 Å². The SMILES string of the molecule is CCC(=CCN(CC)C1CCNCC1)C(=O)O. The van der Waals surface area contributed by atoms with Gasteiger partial charge in [-0.25, -0.2) is 4.79 Å². The maximum absolute atomic E-state index is 10.9. The summed E-state index contributed by atoms with van der Waals surface area (Å²) in [5, 5.41) is 12.3. The van der Waals surface area contributed by atoms with E-state index in [0.717, 1.165) is 39.0 Å². The minimum absolute atomic E-state index is 0.525. The van der Waals surface area contributed by atoms with Crippen LogP contribution in [0.1, 0.15) is 33.1 Å². The Morgan fingerprint density at radius 3 is 2.53 bits per heavy atom. The summed E-state index contributed by atoms with van der Waals surface area (Å²) in [5.41, 5.74) is 0.525. The smallest absolute Gasteiger partial charge is 0.331 e. The predicted molar refractivity (Wildman–Crippen MR) is 69.1 cm³/mol. The average Bonchev–Trinajstić information content (AvgIpc) is 2.35. The van der Waals surface area contributed by atoms with Crippen LogP contribution in [0.25, 0.3) is 0 Å². The van der Waals surface area contributed by atoms with Crippen molar-refractivity contribution in [1.82, 2.24) is 10.2 Å². The number of hydrogen-bond acceptors (Lipinski definition) is 3. The summed E-state index contributed by atoms with van der Waals surface area (Å²) in [5.74, 6) is -0.783. The van der Waals surface area contributed by atoms with E-state index in [1.54, 1.807) is 0 Å². The van der Waals surface area contributed by atoms with Gasteiger partial charge in [0.05, 0.1) is 0 Å². The summed E-state index contributed by atoms with van der Waals surface area (Å²) >= 11 is 0. The van der Waals surface area contributed by atoms with Crippen molar-refractivity contribution < 1.29 is 9.90 Å². The second-order valence-corrected chi connectivity index (χ2v) is 4.46. The molecule has 4 nitrogen and oxygen atoms in total. The maximum atomic E-state index is 10.9. The van der Waals surface area contributed by atoms with Gasteiger partial charge in [-0.1, -0.05) is 19.9 Å². The maximum Gasteiger partial charge on any atom is 0.331 e. The van der Waals surface area contributed by atoms with E-state index in [1.165, 1.54) is 0 Å². The van der Waals surface area contributed by atoms with Crippen LogP contribution in [0.2, 0.25) is 0 Å². The van der Waals surface area contributed by atoms with Crippen LogP contribution in [0, 0.1) is 0 Å². The molecule has 0 aromatic carbocycles. The molecule has 1 saturated heterocycles. The van der Waals surface area contributed by atoms with Gasteiger partial charge in [-0.05, 0) is 38.9 Å². The van der Waals surface area contributed by atoms with Crippen LogP contribution in [0.5, 0.6) is 0 Å². The third-order valence-corrected chi connectivity index (χ3v) is 3.46. The van der Waals surface area contributed by atoms with Crippen LogP contribution in [0.15, 0.2) is 11.6 Å². The molecular formula is C13H24N2O2. The van der Waals surface area contributed by atoms with Gasteiger partial charge < -0.3 is 10.4 Å². The fourth-order valence-corrected chi connectivity index (χ4v) is 2.32. The Morgan fingerprint density at radius 2 is 2.06 bits per heavy atom. The largest absolute Gasteiger partial charge is 0.478 e. The van der Waals surface area contributed by atoms with E-state index >= 15 is 0 Å². The van der Waals surface area contributed by atoms with Gasteiger partial charge in [0.25, 0.3) is 0 Å². The summed E-state index contributed by atoms with van der Waals surface area (Å²) in [6, 6.07) is 0.601. The first-order valence-electron chi connectivity index (χ1n) is 6.56. The van der Waals surface area contributed by atoms with E-state index in [1.807, 2.05) is 13.0 Å². The van der Waals surface area contributed by atoms with E-state index in [-0.39, 0.29) is 0 Å². The van der Waals surface area contributed by atoms with E-state index < -0.39 is 5.97 Å². The Hall–Kier alpha value is -0.870.